The first kappa shape index (κ1) is 78.1. The van der Waals surface area contributed by atoms with Gasteiger partial charge >= 0.3 is 17.9 Å². The fraction of sp³-hybridized carbons (Fsp3) is 0.932. The number of carbonyl (C=O) groups excluding carboxylic acids is 3. The Morgan fingerprint density at radius 2 is 0.412 bits per heavy atom. The summed E-state index contributed by atoms with van der Waals surface area (Å²) in [5.41, 5.74) is 0. The summed E-state index contributed by atoms with van der Waals surface area (Å²) in [5, 5.41) is 0. The molecule has 0 aliphatic rings. The third-order valence-corrected chi connectivity index (χ3v) is 17.0. The number of unbranched alkanes of at least 4 members (excludes halogenated alkanes) is 56. The van der Waals surface area contributed by atoms with E-state index >= 15 is 0 Å². The van der Waals surface area contributed by atoms with Crippen LogP contribution in [0.4, 0.5) is 0 Å². The van der Waals surface area contributed by atoms with Crippen LogP contribution in [0.1, 0.15) is 425 Å². The average molecular weight is 1130 g/mol. The van der Waals surface area contributed by atoms with Crippen LogP contribution in [0.2, 0.25) is 0 Å². The number of esters is 3. The van der Waals surface area contributed by atoms with Gasteiger partial charge in [0, 0.05) is 19.3 Å². The van der Waals surface area contributed by atoms with Gasteiger partial charge in [-0.1, -0.05) is 373 Å². The third kappa shape index (κ3) is 66.9. The smallest absolute Gasteiger partial charge is 0.306 e. The number of allylic oxidation sites excluding steroid dienone is 2. The van der Waals surface area contributed by atoms with Crippen LogP contribution in [-0.4, -0.2) is 37.2 Å². The summed E-state index contributed by atoms with van der Waals surface area (Å²) in [5.74, 6) is -0.838. The monoisotopic (exact) mass is 1130 g/mol. The molecule has 0 bridgehead atoms. The van der Waals surface area contributed by atoms with Crippen LogP contribution in [0.15, 0.2) is 12.2 Å². The van der Waals surface area contributed by atoms with E-state index in [9.17, 15) is 14.4 Å². The van der Waals surface area contributed by atoms with Gasteiger partial charge in [0.15, 0.2) is 6.10 Å². The molecule has 0 amide bonds. The van der Waals surface area contributed by atoms with Gasteiger partial charge in [-0.25, -0.2) is 0 Å². The summed E-state index contributed by atoms with van der Waals surface area (Å²) < 4.78 is 17.0. The van der Waals surface area contributed by atoms with E-state index in [0.717, 1.165) is 57.8 Å². The van der Waals surface area contributed by atoms with Crippen LogP contribution >= 0.6 is 0 Å². The predicted molar refractivity (Wildman–Crippen MR) is 349 cm³/mol. The molecular weight excluding hydrogens is 985 g/mol. The van der Waals surface area contributed by atoms with E-state index in [1.165, 1.54) is 327 Å². The normalized spacial score (nSPS) is 12.0. The SMILES string of the molecule is CCCCCCCCC/C=C\CCCCCCCCCC(=O)OC(COC(=O)CCCCCCCCCCCCC)COC(=O)CCCCCCCCCCCCCCCCCCCCCCCCCCCCCCCCCCC. The zero-order valence-electron chi connectivity index (χ0n) is 54.6. The van der Waals surface area contributed by atoms with Crippen LogP contribution < -0.4 is 0 Å². The fourth-order valence-electron chi connectivity index (χ4n) is 11.5. The van der Waals surface area contributed by atoms with Crippen LogP contribution in [0.5, 0.6) is 0 Å². The molecule has 0 rings (SSSR count). The molecule has 0 aromatic heterocycles. The van der Waals surface area contributed by atoms with Crippen LogP contribution in [-0.2, 0) is 28.6 Å². The lowest BCUT2D eigenvalue weighted by Crippen LogP contribution is -2.30. The minimum atomic E-state index is -0.768. The van der Waals surface area contributed by atoms with Gasteiger partial charge in [-0.2, -0.15) is 0 Å². The molecule has 0 heterocycles. The Hall–Kier alpha value is -1.85. The predicted octanol–water partition coefficient (Wildman–Crippen LogP) is 25.2. The second-order valence-electron chi connectivity index (χ2n) is 25.2. The Kier molecular flexibility index (Phi) is 68.0. The van der Waals surface area contributed by atoms with Crippen molar-refractivity contribution in [2.45, 2.75) is 431 Å². The van der Waals surface area contributed by atoms with Gasteiger partial charge in [0.2, 0.25) is 0 Å². The van der Waals surface area contributed by atoms with Crippen molar-refractivity contribution in [3.63, 3.8) is 0 Å². The van der Waals surface area contributed by atoms with Gasteiger partial charge in [0.05, 0.1) is 0 Å². The summed E-state index contributed by atoms with van der Waals surface area (Å²) in [7, 11) is 0. The second-order valence-corrected chi connectivity index (χ2v) is 25.2. The van der Waals surface area contributed by atoms with E-state index < -0.39 is 6.10 Å². The van der Waals surface area contributed by atoms with Gasteiger partial charge in [-0.3, -0.25) is 14.4 Å². The second kappa shape index (κ2) is 69.6. The highest BCUT2D eigenvalue weighted by Gasteiger charge is 2.20. The Morgan fingerprint density at radius 3 is 0.625 bits per heavy atom. The molecule has 0 N–H and O–H groups in total. The Labute approximate surface area is 501 Å². The molecule has 0 aromatic carbocycles. The van der Waals surface area contributed by atoms with E-state index in [2.05, 4.69) is 32.9 Å². The summed E-state index contributed by atoms with van der Waals surface area (Å²) in [6.45, 7) is 6.71. The maximum absolute atomic E-state index is 12.9. The highest BCUT2D eigenvalue weighted by atomic mass is 16.6. The van der Waals surface area contributed by atoms with E-state index in [0.29, 0.717) is 19.3 Å². The van der Waals surface area contributed by atoms with Crippen molar-refractivity contribution in [1.82, 2.24) is 0 Å². The highest BCUT2D eigenvalue weighted by molar-refractivity contribution is 5.71. The fourth-order valence-corrected chi connectivity index (χ4v) is 11.5. The molecule has 6 heteroatoms. The number of hydrogen-bond acceptors (Lipinski definition) is 6. The number of hydrogen-bond donors (Lipinski definition) is 0. The maximum Gasteiger partial charge on any atom is 0.306 e. The first-order valence-corrected chi connectivity index (χ1v) is 36.7. The third-order valence-electron chi connectivity index (χ3n) is 17.0. The molecular formula is C74H142O6. The lowest BCUT2D eigenvalue weighted by Gasteiger charge is -2.18. The standard InChI is InChI=1S/C74H142O6/c1-4-7-10-13-16-19-22-24-26-28-30-31-32-33-34-35-36-37-38-39-40-41-42-43-44-46-47-49-52-55-58-61-64-67-73(76)79-70-71(69-78-72(75)66-63-60-57-54-51-21-18-15-12-9-6-3)80-74(77)68-65-62-59-56-53-50-48-45-29-27-25-23-20-17-14-11-8-5-2/h27,29,71H,4-26,28,30-70H2,1-3H3/b29-27-. The minimum absolute atomic E-state index is 0.0652. The quantitative estimate of drug-likeness (QED) is 0.0261. The molecule has 0 saturated carbocycles. The van der Waals surface area contributed by atoms with Gasteiger partial charge < -0.3 is 14.2 Å². The van der Waals surface area contributed by atoms with E-state index in [1.807, 2.05) is 0 Å². The van der Waals surface area contributed by atoms with Crippen LogP contribution in [0, 0.1) is 0 Å². The Balaban J connectivity index is 4.04. The summed E-state index contributed by atoms with van der Waals surface area (Å²) >= 11 is 0. The summed E-state index contributed by atoms with van der Waals surface area (Å²) in [6.07, 6.45) is 84.2. The van der Waals surface area contributed by atoms with Gasteiger partial charge in [0.25, 0.3) is 0 Å². The molecule has 0 saturated heterocycles. The molecule has 0 fully saturated rings. The Morgan fingerprint density at radius 1 is 0.237 bits per heavy atom. The minimum Gasteiger partial charge on any atom is -0.462 e. The van der Waals surface area contributed by atoms with Crippen LogP contribution in [0.3, 0.4) is 0 Å². The maximum atomic E-state index is 12.9. The number of ether oxygens (including phenoxy) is 3. The molecule has 0 aliphatic carbocycles. The molecule has 80 heavy (non-hydrogen) atoms. The zero-order valence-corrected chi connectivity index (χ0v) is 54.6. The topological polar surface area (TPSA) is 78.9 Å². The zero-order chi connectivity index (χ0) is 57.8. The van der Waals surface area contributed by atoms with Crippen molar-refractivity contribution in [2.75, 3.05) is 13.2 Å². The van der Waals surface area contributed by atoms with E-state index in [1.54, 1.807) is 0 Å². The number of carbonyl (C=O) groups is 3. The summed E-state index contributed by atoms with van der Waals surface area (Å²) in [4.78, 5) is 38.3. The lowest BCUT2D eigenvalue weighted by molar-refractivity contribution is -0.167. The van der Waals surface area contributed by atoms with Gasteiger partial charge in [-0.05, 0) is 44.9 Å². The molecule has 6 nitrogen and oxygen atoms in total. The molecule has 0 radical (unpaired) electrons. The first-order chi connectivity index (χ1) is 39.5. The van der Waals surface area contributed by atoms with Crippen molar-refractivity contribution in [1.29, 1.82) is 0 Å². The van der Waals surface area contributed by atoms with Crippen molar-refractivity contribution in [3.05, 3.63) is 12.2 Å². The molecule has 1 unspecified atom stereocenters. The lowest BCUT2D eigenvalue weighted by atomic mass is 10.0. The van der Waals surface area contributed by atoms with Crippen molar-refractivity contribution in [2.24, 2.45) is 0 Å². The molecule has 0 aliphatic heterocycles. The largest absolute Gasteiger partial charge is 0.462 e. The van der Waals surface area contributed by atoms with E-state index in [4.69, 9.17) is 14.2 Å². The molecule has 0 spiro atoms. The molecule has 1 atom stereocenters. The average Bonchev–Trinajstić information content (AvgIpc) is 3.46. The van der Waals surface area contributed by atoms with Crippen molar-refractivity contribution in [3.8, 4) is 0 Å². The molecule has 474 valence electrons. The first-order valence-electron chi connectivity index (χ1n) is 36.7. The molecule has 0 aromatic rings. The Bertz CT molecular complexity index is 1250. The van der Waals surface area contributed by atoms with E-state index in [-0.39, 0.29) is 31.1 Å². The van der Waals surface area contributed by atoms with Crippen LogP contribution in [0.25, 0.3) is 0 Å². The van der Waals surface area contributed by atoms with Gasteiger partial charge in [0.1, 0.15) is 13.2 Å². The van der Waals surface area contributed by atoms with Gasteiger partial charge in [-0.15, -0.1) is 0 Å². The number of rotatable bonds is 69. The van der Waals surface area contributed by atoms with Crippen molar-refractivity contribution < 1.29 is 28.6 Å². The van der Waals surface area contributed by atoms with Crippen molar-refractivity contribution >= 4 is 17.9 Å². The highest BCUT2D eigenvalue weighted by Crippen LogP contribution is 2.19. The summed E-state index contributed by atoms with van der Waals surface area (Å²) in [6, 6.07) is 0.